The molecule has 1 amide bonds. The monoisotopic (exact) mass is 489 g/mol. The zero-order valence-corrected chi connectivity index (χ0v) is 21.2. The van der Waals surface area contributed by atoms with E-state index in [1.54, 1.807) is 24.3 Å². The number of thioether (sulfide) groups is 1. The third-order valence-electron chi connectivity index (χ3n) is 6.80. The second-order valence-corrected chi connectivity index (χ2v) is 11.8. The van der Waals surface area contributed by atoms with Crippen LogP contribution in [0.15, 0.2) is 22.4 Å². The normalized spacial score (nSPS) is 26.9. The number of nitrogens with zero attached hydrogens (tertiary/aromatic N) is 7. The largest absolute Gasteiger partial charge is 0.480 e. The van der Waals surface area contributed by atoms with Gasteiger partial charge >= 0.3 is 5.97 Å². The Morgan fingerprint density at radius 1 is 1.35 bits per heavy atom. The zero-order chi connectivity index (χ0) is 24.5. The average Bonchev–Trinajstić information content (AvgIpc) is 3.33. The molecule has 0 unspecified atom stereocenters. The van der Waals surface area contributed by atoms with E-state index in [2.05, 4.69) is 24.4 Å². The van der Waals surface area contributed by atoms with E-state index in [0.29, 0.717) is 5.92 Å². The molecule has 4 rings (SSSR count). The minimum absolute atomic E-state index is 0.171. The Morgan fingerprint density at radius 3 is 2.76 bits per heavy atom. The lowest BCUT2D eigenvalue weighted by Crippen LogP contribution is -2.65. The topological polar surface area (TPSA) is 107 Å². The maximum Gasteiger partial charge on any atom is 0.327 e. The summed E-state index contributed by atoms with van der Waals surface area (Å²) < 4.78 is 1.59. The van der Waals surface area contributed by atoms with Crippen LogP contribution in [-0.4, -0.2) is 103 Å². The van der Waals surface area contributed by atoms with Gasteiger partial charge in [0.2, 0.25) is 5.95 Å². The van der Waals surface area contributed by atoms with Gasteiger partial charge in [-0.25, -0.2) is 14.8 Å². The van der Waals surface area contributed by atoms with Crippen LogP contribution in [0.1, 0.15) is 39.5 Å². The fraction of sp³-hybridized carbons (Fsp3) is 0.696. The number of likely N-dealkylation sites (tertiary alicyclic amines) is 1. The van der Waals surface area contributed by atoms with Crippen LogP contribution in [-0.2, 0) is 16.1 Å². The van der Waals surface area contributed by atoms with Gasteiger partial charge in [-0.2, -0.15) is 0 Å². The van der Waals surface area contributed by atoms with Gasteiger partial charge in [0.25, 0.3) is 5.91 Å². The molecule has 10 nitrogen and oxygen atoms in total. The van der Waals surface area contributed by atoms with Gasteiger partial charge in [0.05, 0.1) is 12.7 Å². The summed E-state index contributed by atoms with van der Waals surface area (Å²) in [6.45, 7) is 6.55. The van der Waals surface area contributed by atoms with E-state index in [1.165, 1.54) is 11.3 Å². The molecule has 3 fully saturated rings. The molecule has 186 valence electrons. The molecular formula is C23H35N7O3S. The van der Waals surface area contributed by atoms with Crippen LogP contribution >= 0.6 is 11.8 Å². The molecule has 0 aromatic carbocycles. The first-order valence-electron chi connectivity index (χ1n) is 11.9. The van der Waals surface area contributed by atoms with Crippen LogP contribution in [0.2, 0.25) is 0 Å². The molecule has 3 saturated heterocycles. The lowest BCUT2D eigenvalue weighted by molar-refractivity contribution is -0.158. The van der Waals surface area contributed by atoms with Crippen molar-refractivity contribution >= 4 is 42.3 Å². The molecule has 34 heavy (non-hydrogen) atoms. The highest BCUT2D eigenvalue weighted by Gasteiger charge is 2.63. The smallest absolute Gasteiger partial charge is 0.327 e. The van der Waals surface area contributed by atoms with Crippen molar-refractivity contribution in [2.45, 2.75) is 68.3 Å². The van der Waals surface area contributed by atoms with Gasteiger partial charge in [-0.3, -0.25) is 9.79 Å². The number of fused-ring (bicyclic) bond motifs is 1. The molecular weight excluding hydrogens is 454 g/mol. The third-order valence-corrected chi connectivity index (χ3v) is 8.35. The molecule has 4 heterocycles. The molecule has 3 aliphatic heterocycles. The van der Waals surface area contributed by atoms with Crippen molar-refractivity contribution in [2.75, 3.05) is 27.2 Å². The minimum atomic E-state index is -0.941. The van der Waals surface area contributed by atoms with Crippen molar-refractivity contribution in [3.63, 3.8) is 0 Å². The van der Waals surface area contributed by atoms with Crippen LogP contribution < -0.4 is 0 Å². The highest BCUT2D eigenvalue weighted by atomic mass is 32.2. The van der Waals surface area contributed by atoms with E-state index >= 15 is 0 Å². The second kappa shape index (κ2) is 9.97. The van der Waals surface area contributed by atoms with Crippen molar-refractivity contribution in [1.82, 2.24) is 24.3 Å². The molecule has 0 saturated carbocycles. The van der Waals surface area contributed by atoms with Gasteiger partial charge in [-0.1, -0.05) is 0 Å². The summed E-state index contributed by atoms with van der Waals surface area (Å²) in [6.07, 6.45) is 11.8. The maximum absolute atomic E-state index is 12.6. The second-order valence-electron chi connectivity index (χ2n) is 10.1. The highest BCUT2D eigenvalue weighted by Crippen LogP contribution is 2.51. The number of aryl methyl sites for hydroxylation is 1. The van der Waals surface area contributed by atoms with Crippen LogP contribution in [0.25, 0.3) is 0 Å². The Hall–Kier alpha value is -2.56. The van der Waals surface area contributed by atoms with Gasteiger partial charge in [-0.15, -0.1) is 11.8 Å². The maximum atomic E-state index is 12.6. The summed E-state index contributed by atoms with van der Waals surface area (Å²) in [5.41, 5.74) is 0. The molecule has 11 heteroatoms. The Morgan fingerprint density at radius 2 is 2.09 bits per heavy atom. The lowest BCUT2D eigenvalue weighted by atomic mass is 9.92. The van der Waals surface area contributed by atoms with Crippen molar-refractivity contribution in [1.29, 1.82) is 0 Å². The number of aliphatic imine (C=N–C) groups is 2. The minimum Gasteiger partial charge on any atom is -0.480 e. The van der Waals surface area contributed by atoms with Crippen molar-refractivity contribution < 1.29 is 14.7 Å². The van der Waals surface area contributed by atoms with E-state index in [1.807, 2.05) is 45.4 Å². The van der Waals surface area contributed by atoms with E-state index in [-0.39, 0.29) is 11.3 Å². The van der Waals surface area contributed by atoms with Gasteiger partial charge in [-0.05, 0) is 45.4 Å². The lowest BCUT2D eigenvalue weighted by Gasteiger charge is -2.41. The van der Waals surface area contributed by atoms with E-state index in [4.69, 9.17) is 0 Å². The summed E-state index contributed by atoms with van der Waals surface area (Å²) in [4.78, 5) is 43.1. The summed E-state index contributed by atoms with van der Waals surface area (Å²) in [7, 11) is 3.88. The van der Waals surface area contributed by atoms with Crippen LogP contribution in [0, 0.1) is 5.92 Å². The predicted octanol–water partition coefficient (Wildman–Crippen LogP) is 2.14. The molecule has 1 aromatic rings. The molecule has 1 N–H and O–H groups in total. The quantitative estimate of drug-likeness (QED) is 0.322. The first-order valence-corrected chi connectivity index (χ1v) is 12.8. The Kier molecular flexibility index (Phi) is 7.20. The van der Waals surface area contributed by atoms with Gasteiger partial charge < -0.3 is 24.4 Å². The number of imidazole rings is 1. The number of carbonyl (C=O) groups excluding carboxylic acids is 1. The van der Waals surface area contributed by atoms with E-state index in [0.717, 1.165) is 44.8 Å². The fourth-order valence-electron chi connectivity index (χ4n) is 4.97. The number of aliphatic carboxylic acids is 1. The highest BCUT2D eigenvalue weighted by molar-refractivity contribution is 8.01. The molecule has 0 radical (unpaired) electrons. The van der Waals surface area contributed by atoms with Gasteiger partial charge in [0.15, 0.2) is 6.04 Å². The van der Waals surface area contributed by atoms with Gasteiger partial charge in [0, 0.05) is 50.9 Å². The molecule has 3 atom stereocenters. The first-order chi connectivity index (χ1) is 16.2. The van der Waals surface area contributed by atoms with Gasteiger partial charge in [0.1, 0.15) is 11.4 Å². The van der Waals surface area contributed by atoms with Crippen LogP contribution in [0.3, 0.4) is 0 Å². The predicted molar refractivity (Wildman–Crippen MR) is 134 cm³/mol. The molecule has 0 bridgehead atoms. The number of piperidine rings is 1. The number of carboxylic acids is 1. The Balaban J connectivity index is 1.20. The fourth-order valence-corrected chi connectivity index (χ4v) is 6.59. The molecule has 1 aromatic heterocycles. The summed E-state index contributed by atoms with van der Waals surface area (Å²) in [5.74, 6) is 0.311. The Bertz CT molecular complexity index is 952. The zero-order valence-electron chi connectivity index (χ0n) is 20.4. The molecule has 0 aliphatic carbocycles. The van der Waals surface area contributed by atoms with Crippen LogP contribution in [0.4, 0.5) is 5.95 Å². The van der Waals surface area contributed by atoms with E-state index in [9.17, 15) is 14.7 Å². The third kappa shape index (κ3) is 5.08. The number of amides is 1. The first kappa shape index (κ1) is 24.6. The van der Waals surface area contributed by atoms with Crippen molar-refractivity contribution in [2.24, 2.45) is 15.9 Å². The average molecular weight is 490 g/mol. The summed E-state index contributed by atoms with van der Waals surface area (Å²) >= 11 is 1.54. The van der Waals surface area contributed by atoms with E-state index < -0.39 is 22.8 Å². The molecule has 0 spiro atoms. The Labute approximate surface area is 205 Å². The number of hydrogen-bond donors (Lipinski definition) is 1. The number of aromatic nitrogens is 2. The molecule has 3 aliphatic rings. The number of carbonyl (C=O) groups is 2. The summed E-state index contributed by atoms with van der Waals surface area (Å²) in [5, 5.41) is 9.37. The number of rotatable bonds is 9. The number of β-lactam (4-membered cyclic amide) rings is 1. The number of hydrogen-bond acceptors (Lipinski definition) is 6. The standard InChI is InChI=1S/C23H35N7O3S/c1-23(2)18(21(32)33)30-19(31)17(20(30)34-23)25-15-28-11-7-16(8-12-28)6-5-10-29-13-9-24-22(29)26-14-27(3)4/h9,13-18,20H,5-8,10-12H2,1-4H3,(H,32,33)/t17-,18+,20-/m1/s1. The van der Waals surface area contributed by atoms with Crippen LogP contribution in [0.5, 0.6) is 0 Å². The number of carboxylic acid groups (broad SMARTS) is 1. The van der Waals surface area contributed by atoms with Crippen molar-refractivity contribution in [3.05, 3.63) is 12.4 Å². The van der Waals surface area contributed by atoms with Crippen molar-refractivity contribution in [3.8, 4) is 0 Å². The SMILES string of the molecule is CN(C)C=Nc1nccn1CCCC1CCN(C=N[C@@H]2C(=O)N3[C@@H]2SC(C)(C)[C@@H]3C(=O)O)CC1. The summed E-state index contributed by atoms with van der Waals surface area (Å²) in [6, 6.07) is -1.25.